The van der Waals surface area contributed by atoms with Gasteiger partial charge < -0.3 is 9.84 Å². The van der Waals surface area contributed by atoms with Gasteiger partial charge in [0.2, 0.25) is 0 Å². The number of aromatic hydroxyl groups is 1. The van der Waals surface area contributed by atoms with Crippen molar-refractivity contribution in [3.8, 4) is 11.5 Å². The summed E-state index contributed by atoms with van der Waals surface area (Å²) >= 11 is 0. The summed E-state index contributed by atoms with van der Waals surface area (Å²) in [7, 11) is 1.52. The van der Waals surface area contributed by atoms with E-state index in [1.807, 2.05) is 13.0 Å². The standard InChI is InChI=1S/C15H18O3/c1-8-6-5-7-11-12(8)9(2)13(10(3)16)14(17)15(11)18-4/h5,7-8,17H,6H2,1-4H3. The molecule has 1 unspecified atom stereocenters. The van der Waals surface area contributed by atoms with Crippen molar-refractivity contribution in [3.05, 3.63) is 28.3 Å². The first-order valence-electron chi connectivity index (χ1n) is 6.09. The zero-order chi connectivity index (χ0) is 13.4. The lowest BCUT2D eigenvalue weighted by molar-refractivity contribution is 0.101. The molecule has 96 valence electrons. The maximum Gasteiger partial charge on any atom is 0.169 e. The van der Waals surface area contributed by atoms with Crippen LogP contribution in [0.4, 0.5) is 0 Å². The van der Waals surface area contributed by atoms with Crippen LogP contribution in [-0.2, 0) is 0 Å². The summed E-state index contributed by atoms with van der Waals surface area (Å²) in [6.07, 6.45) is 4.98. The number of hydrogen-bond acceptors (Lipinski definition) is 3. The predicted molar refractivity (Wildman–Crippen MR) is 71.5 cm³/mol. The third kappa shape index (κ3) is 1.70. The van der Waals surface area contributed by atoms with Gasteiger partial charge in [0, 0.05) is 5.56 Å². The first-order chi connectivity index (χ1) is 8.49. The van der Waals surface area contributed by atoms with Crippen LogP contribution in [0.3, 0.4) is 0 Å². The molecule has 1 N–H and O–H groups in total. The smallest absolute Gasteiger partial charge is 0.169 e. The maximum absolute atomic E-state index is 11.7. The van der Waals surface area contributed by atoms with Crippen molar-refractivity contribution in [2.75, 3.05) is 7.11 Å². The van der Waals surface area contributed by atoms with Crippen molar-refractivity contribution in [1.29, 1.82) is 0 Å². The van der Waals surface area contributed by atoms with E-state index in [4.69, 9.17) is 4.74 Å². The van der Waals surface area contributed by atoms with Gasteiger partial charge in [-0.3, -0.25) is 4.79 Å². The molecule has 0 bridgehead atoms. The molecule has 0 aromatic heterocycles. The van der Waals surface area contributed by atoms with Crippen molar-refractivity contribution in [3.63, 3.8) is 0 Å². The molecule has 0 radical (unpaired) electrons. The van der Waals surface area contributed by atoms with Crippen molar-refractivity contribution in [2.24, 2.45) is 0 Å². The van der Waals surface area contributed by atoms with Crippen LogP contribution in [0.1, 0.15) is 53.2 Å². The van der Waals surface area contributed by atoms with Crippen LogP contribution in [-0.4, -0.2) is 18.0 Å². The molecule has 1 aromatic carbocycles. The summed E-state index contributed by atoms with van der Waals surface area (Å²) in [6, 6.07) is 0. The lowest BCUT2D eigenvalue weighted by Crippen LogP contribution is -2.10. The van der Waals surface area contributed by atoms with Crippen LogP contribution >= 0.6 is 0 Å². The van der Waals surface area contributed by atoms with Gasteiger partial charge in [-0.15, -0.1) is 0 Å². The molecule has 3 nitrogen and oxygen atoms in total. The fraction of sp³-hybridized carbons (Fsp3) is 0.400. The van der Waals surface area contributed by atoms with E-state index in [0.29, 0.717) is 17.2 Å². The second-order valence-electron chi connectivity index (χ2n) is 4.80. The molecular weight excluding hydrogens is 228 g/mol. The third-order valence-corrected chi connectivity index (χ3v) is 3.59. The highest BCUT2D eigenvalue weighted by atomic mass is 16.5. The Kier molecular flexibility index (Phi) is 3.16. The number of carbonyl (C=O) groups is 1. The Bertz CT molecular complexity index is 541. The molecule has 0 saturated carbocycles. The number of carbonyl (C=O) groups excluding carboxylic acids is 1. The van der Waals surface area contributed by atoms with Gasteiger partial charge in [-0.2, -0.15) is 0 Å². The van der Waals surface area contributed by atoms with Crippen molar-refractivity contribution < 1.29 is 14.6 Å². The van der Waals surface area contributed by atoms with Crippen LogP contribution < -0.4 is 4.74 Å². The molecule has 1 aliphatic carbocycles. The first-order valence-corrected chi connectivity index (χ1v) is 6.09. The highest BCUT2D eigenvalue weighted by molar-refractivity contribution is 6.00. The minimum absolute atomic E-state index is 0.0417. The van der Waals surface area contributed by atoms with Crippen molar-refractivity contribution in [1.82, 2.24) is 0 Å². The number of Topliss-reactive ketones (excluding diaryl/α,β-unsaturated/α-hetero) is 1. The third-order valence-electron chi connectivity index (χ3n) is 3.59. The zero-order valence-electron chi connectivity index (χ0n) is 11.2. The molecule has 0 spiro atoms. The molecule has 1 atom stereocenters. The quantitative estimate of drug-likeness (QED) is 0.813. The van der Waals surface area contributed by atoms with Crippen molar-refractivity contribution in [2.45, 2.75) is 33.1 Å². The Morgan fingerprint density at radius 2 is 2.17 bits per heavy atom. The van der Waals surface area contributed by atoms with Gasteiger partial charge in [0.05, 0.1) is 12.7 Å². The van der Waals surface area contributed by atoms with E-state index in [-0.39, 0.29) is 11.5 Å². The van der Waals surface area contributed by atoms with Crippen LogP contribution in [0.2, 0.25) is 0 Å². The number of allylic oxidation sites excluding steroid dienone is 1. The molecule has 1 aliphatic rings. The number of benzene rings is 1. The summed E-state index contributed by atoms with van der Waals surface area (Å²) in [6.45, 7) is 5.48. The number of ether oxygens (including phenoxy) is 1. The topological polar surface area (TPSA) is 46.5 Å². The van der Waals surface area contributed by atoms with Gasteiger partial charge in [0.15, 0.2) is 17.3 Å². The van der Waals surface area contributed by atoms with Crippen LogP contribution in [0.15, 0.2) is 6.08 Å². The van der Waals surface area contributed by atoms with Gasteiger partial charge in [-0.05, 0) is 37.3 Å². The van der Waals surface area contributed by atoms with E-state index in [1.165, 1.54) is 14.0 Å². The average Bonchev–Trinajstić information content (AvgIpc) is 2.28. The van der Waals surface area contributed by atoms with E-state index in [0.717, 1.165) is 23.1 Å². The minimum Gasteiger partial charge on any atom is -0.504 e. The molecule has 0 saturated heterocycles. The van der Waals surface area contributed by atoms with E-state index >= 15 is 0 Å². The number of phenolic OH excluding ortho intramolecular Hbond substituents is 1. The summed E-state index contributed by atoms with van der Waals surface area (Å²) in [5, 5.41) is 10.2. The molecule has 18 heavy (non-hydrogen) atoms. The monoisotopic (exact) mass is 246 g/mol. The first kappa shape index (κ1) is 12.7. The number of methoxy groups -OCH3 is 1. The Hall–Kier alpha value is -1.77. The van der Waals surface area contributed by atoms with Gasteiger partial charge >= 0.3 is 0 Å². The zero-order valence-corrected chi connectivity index (χ0v) is 11.2. The molecule has 0 heterocycles. The molecule has 3 heteroatoms. The number of hydrogen-bond donors (Lipinski definition) is 1. The SMILES string of the molecule is COc1c(O)c(C(C)=O)c(C)c2c1C=CCC2C. The van der Waals surface area contributed by atoms with Crippen LogP contribution in [0, 0.1) is 6.92 Å². The lowest BCUT2D eigenvalue weighted by Gasteiger charge is -2.25. The Balaban J connectivity index is 2.87. The van der Waals surface area contributed by atoms with Gasteiger partial charge in [-0.1, -0.05) is 19.1 Å². The van der Waals surface area contributed by atoms with E-state index in [1.54, 1.807) is 0 Å². The average molecular weight is 246 g/mol. The van der Waals surface area contributed by atoms with Gasteiger partial charge in [0.25, 0.3) is 0 Å². The summed E-state index contributed by atoms with van der Waals surface area (Å²) < 4.78 is 5.28. The summed E-state index contributed by atoms with van der Waals surface area (Å²) in [5.41, 5.74) is 3.26. The Labute approximate surface area is 107 Å². The highest BCUT2D eigenvalue weighted by Gasteiger charge is 2.27. The second kappa shape index (κ2) is 4.48. The molecule has 1 aromatic rings. The summed E-state index contributed by atoms with van der Waals surface area (Å²) in [4.78, 5) is 11.7. The normalized spacial score (nSPS) is 17.4. The molecular formula is C15H18O3. The predicted octanol–water partition coefficient (Wildman–Crippen LogP) is 3.43. The molecule has 0 fully saturated rings. The van der Waals surface area contributed by atoms with Gasteiger partial charge in [0.1, 0.15) is 0 Å². The number of ketones is 1. The van der Waals surface area contributed by atoms with E-state index in [9.17, 15) is 9.90 Å². The fourth-order valence-electron chi connectivity index (χ4n) is 2.82. The molecule has 2 rings (SSSR count). The molecule has 0 aliphatic heterocycles. The molecule has 0 amide bonds. The largest absolute Gasteiger partial charge is 0.504 e. The van der Waals surface area contributed by atoms with Crippen LogP contribution in [0.5, 0.6) is 11.5 Å². The number of phenols is 1. The Morgan fingerprint density at radius 3 is 2.72 bits per heavy atom. The van der Waals surface area contributed by atoms with Crippen LogP contribution in [0.25, 0.3) is 6.08 Å². The van der Waals surface area contributed by atoms with E-state index < -0.39 is 0 Å². The lowest BCUT2D eigenvalue weighted by atomic mass is 9.82. The number of rotatable bonds is 2. The Morgan fingerprint density at radius 1 is 1.50 bits per heavy atom. The van der Waals surface area contributed by atoms with Gasteiger partial charge in [-0.25, -0.2) is 0 Å². The van der Waals surface area contributed by atoms with E-state index in [2.05, 4.69) is 13.0 Å². The number of fused-ring (bicyclic) bond motifs is 1. The summed E-state index contributed by atoms with van der Waals surface area (Å²) in [5.74, 6) is 0.564. The highest BCUT2D eigenvalue weighted by Crippen LogP contribution is 2.45. The van der Waals surface area contributed by atoms with Crippen molar-refractivity contribution >= 4 is 11.9 Å². The maximum atomic E-state index is 11.7. The minimum atomic E-state index is -0.132. The fourth-order valence-corrected chi connectivity index (χ4v) is 2.82. The second-order valence-corrected chi connectivity index (χ2v) is 4.80.